The number of thiocarbonyl (C=S) groups is 1. The number of piperazine rings is 1. The summed E-state index contributed by atoms with van der Waals surface area (Å²) in [4.78, 5) is 16.6. The molecule has 0 saturated carbocycles. The maximum Gasteiger partial charge on any atom is 0.250 e. The molecular weight excluding hydrogens is 370 g/mol. The molecule has 1 heterocycles. The van der Waals surface area contributed by atoms with Gasteiger partial charge in [-0.15, -0.1) is 0 Å². The quantitative estimate of drug-likeness (QED) is 0.623. The molecule has 1 aliphatic heterocycles. The molecule has 0 bridgehead atoms. The molecule has 2 aromatic carbocycles. The van der Waals surface area contributed by atoms with Gasteiger partial charge in [0.15, 0.2) is 5.11 Å². The summed E-state index contributed by atoms with van der Waals surface area (Å²) >= 11 is 5.41. The highest BCUT2D eigenvalue weighted by Crippen LogP contribution is 2.12. The Bertz CT molecular complexity index is 813. The average Bonchev–Trinajstić information content (AvgIpc) is 2.74. The summed E-state index contributed by atoms with van der Waals surface area (Å²) in [6.07, 6.45) is 3.26. The molecule has 0 aromatic heterocycles. The minimum Gasteiger partial charge on any atom is -0.497 e. The van der Waals surface area contributed by atoms with Crippen molar-refractivity contribution in [2.45, 2.75) is 6.54 Å². The number of nitrogens with zero attached hydrogens (tertiary/aromatic N) is 2. The summed E-state index contributed by atoms with van der Waals surface area (Å²) in [7, 11) is 1.63. The Morgan fingerprint density at radius 3 is 2.39 bits per heavy atom. The molecule has 146 valence electrons. The molecular formula is C22H25N3O2S. The fraction of sp³-hybridized carbons (Fsp3) is 0.273. The van der Waals surface area contributed by atoms with Crippen molar-refractivity contribution in [1.29, 1.82) is 0 Å². The Balaban J connectivity index is 1.43. The van der Waals surface area contributed by atoms with Gasteiger partial charge in [-0.05, 0) is 41.6 Å². The van der Waals surface area contributed by atoms with Crippen molar-refractivity contribution < 1.29 is 9.53 Å². The van der Waals surface area contributed by atoms with E-state index in [0.717, 1.165) is 44.0 Å². The first-order valence-corrected chi connectivity index (χ1v) is 9.73. The van der Waals surface area contributed by atoms with Crippen LogP contribution in [0.2, 0.25) is 0 Å². The fourth-order valence-corrected chi connectivity index (χ4v) is 3.35. The molecule has 1 aliphatic rings. The van der Waals surface area contributed by atoms with E-state index in [1.807, 2.05) is 30.3 Å². The van der Waals surface area contributed by atoms with Crippen molar-refractivity contribution >= 4 is 29.3 Å². The molecule has 0 spiro atoms. The highest BCUT2D eigenvalue weighted by Gasteiger charge is 2.19. The van der Waals surface area contributed by atoms with Gasteiger partial charge in [-0.3, -0.25) is 15.0 Å². The zero-order valence-corrected chi connectivity index (χ0v) is 16.8. The molecule has 0 radical (unpaired) electrons. The highest BCUT2D eigenvalue weighted by molar-refractivity contribution is 7.80. The molecule has 0 unspecified atom stereocenters. The molecule has 1 fully saturated rings. The zero-order chi connectivity index (χ0) is 19.8. The molecule has 1 N–H and O–H groups in total. The monoisotopic (exact) mass is 395 g/mol. The summed E-state index contributed by atoms with van der Waals surface area (Å²) in [5.41, 5.74) is 2.24. The van der Waals surface area contributed by atoms with Crippen LogP contribution in [0.15, 0.2) is 60.7 Å². The van der Waals surface area contributed by atoms with Gasteiger partial charge in [-0.25, -0.2) is 0 Å². The third-order valence-corrected chi connectivity index (χ3v) is 5.04. The standard InChI is InChI=1S/C22H25N3O2S/c1-27-20-10-7-18(8-11-20)9-12-21(26)23-22(28)25-15-13-24(14-16-25)17-19-5-3-2-4-6-19/h2-12H,13-17H2,1H3,(H,23,26,28)/b12-9+. The van der Waals surface area contributed by atoms with E-state index in [9.17, 15) is 4.79 Å². The van der Waals surface area contributed by atoms with E-state index in [1.165, 1.54) is 11.6 Å². The fourth-order valence-electron chi connectivity index (χ4n) is 3.06. The van der Waals surface area contributed by atoms with Gasteiger partial charge in [-0.2, -0.15) is 0 Å². The predicted molar refractivity (Wildman–Crippen MR) is 116 cm³/mol. The third-order valence-electron chi connectivity index (χ3n) is 4.68. The number of nitrogens with one attached hydrogen (secondary N) is 1. The molecule has 1 saturated heterocycles. The Morgan fingerprint density at radius 1 is 1.07 bits per heavy atom. The first-order chi connectivity index (χ1) is 13.6. The van der Waals surface area contributed by atoms with Gasteiger partial charge < -0.3 is 9.64 Å². The average molecular weight is 396 g/mol. The van der Waals surface area contributed by atoms with Gasteiger partial charge in [0.2, 0.25) is 5.91 Å². The zero-order valence-electron chi connectivity index (χ0n) is 16.0. The smallest absolute Gasteiger partial charge is 0.250 e. The lowest BCUT2D eigenvalue weighted by molar-refractivity contribution is -0.115. The Hall–Kier alpha value is -2.70. The van der Waals surface area contributed by atoms with Crippen LogP contribution in [0, 0.1) is 0 Å². The second-order valence-corrected chi connectivity index (χ2v) is 7.04. The van der Waals surface area contributed by atoms with Crippen molar-refractivity contribution in [2.24, 2.45) is 0 Å². The lowest BCUT2D eigenvalue weighted by Gasteiger charge is -2.35. The number of benzene rings is 2. The predicted octanol–water partition coefficient (Wildman–Crippen LogP) is 2.93. The van der Waals surface area contributed by atoms with Gasteiger partial charge in [-0.1, -0.05) is 42.5 Å². The van der Waals surface area contributed by atoms with Crippen molar-refractivity contribution in [1.82, 2.24) is 15.1 Å². The van der Waals surface area contributed by atoms with E-state index >= 15 is 0 Å². The van der Waals surface area contributed by atoms with Crippen LogP contribution < -0.4 is 10.1 Å². The molecule has 0 aliphatic carbocycles. The van der Waals surface area contributed by atoms with Crippen LogP contribution in [-0.2, 0) is 11.3 Å². The minimum absolute atomic E-state index is 0.215. The Labute approximate surface area is 171 Å². The number of methoxy groups -OCH3 is 1. The largest absolute Gasteiger partial charge is 0.497 e. The number of carbonyl (C=O) groups is 1. The van der Waals surface area contributed by atoms with Crippen LogP contribution in [0.5, 0.6) is 5.75 Å². The Kier molecular flexibility index (Phi) is 7.17. The number of ether oxygens (including phenoxy) is 1. The lowest BCUT2D eigenvalue weighted by atomic mass is 10.2. The molecule has 1 amide bonds. The van der Waals surface area contributed by atoms with E-state index in [-0.39, 0.29) is 5.91 Å². The topological polar surface area (TPSA) is 44.8 Å². The lowest BCUT2D eigenvalue weighted by Crippen LogP contribution is -2.52. The third kappa shape index (κ3) is 5.90. The summed E-state index contributed by atoms with van der Waals surface area (Å²) in [6.45, 7) is 4.42. The number of rotatable bonds is 5. The van der Waals surface area contributed by atoms with E-state index in [2.05, 4.69) is 39.4 Å². The summed E-state index contributed by atoms with van der Waals surface area (Å²) in [6, 6.07) is 18.0. The van der Waals surface area contributed by atoms with Gasteiger partial charge in [0.05, 0.1) is 7.11 Å². The van der Waals surface area contributed by atoms with Gasteiger partial charge in [0.25, 0.3) is 0 Å². The maximum atomic E-state index is 12.2. The van der Waals surface area contributed by atoms with Crippen molar-refractivity contribution in [2.75, 3.05) is 33.3 Å². The minimum atomic E-state index is -0.215. The molecule has 3 rings (SSSR count). The van der Waals surface area contributed by atoms with Crippen LogP contribution in [0.25, 0.3) is 6.08 Å². The van der Waals surface area contributed by atoms with E-state index < -0.39 is 0 Å². The van der Waals surface area contributed by atoms with Crippen molar-refractivity contribution in [3.05, 3.63) is 71.8 Å². The van der Waals surface area contributed by atoms with Crippen LogP contribution in [0.3, 0.4) is 0 Å². The van der Waals surface area contributed by atoms with Gasteiger partial charge in [0, 0.05) is 38.8 Å². The molecule has 6 heteroatoms. The Morgan fingerprint density at radius 2 is 1.75 bits per heavy atom. The second-order valence-electron chi connectivity index (χ2n) is 6.65. The number of hydrogen-bond donors (Lipinski definition) is 1. The van der Waals surface area contributed by atoms with Crippen LogP contribution in [-0.4, -0.2) is 54.1 Å². The van der Waals surface area contributed by atoms with Crippen LogP contribution in [0.4, 0.5) is 0 Å². The molecule has 2 aromatic rings. The van der Waals surface area contributed by atoms with Gasteiger partial charge in [0.1, 0.15) is 5.75 Å². The van der Waals surface area contributed by atoms with E-state index in [1.54, 1.807) is 13.2 Å². The van der Waals surface area contributed by atoms with E-state index in [0.29, 0.717) is 5.11 Å². The number of carbonyl (C=O) groups excluding carboxylic acids is 1. The number of amides is 1. The van der Waals surface area contributed by atoms with Gasteiger partial charge >= 0.3 is 0 Å². The summed E-state index contributed by atoms with van der Waals surface area (Å²) < 4.78 is 5.13. The van der Waals surface area contributed by atoms with Crippen LogP contribution >= 0.6 is 12.2 Å². The maximum absolute atomic E-state index is 12.2. The SMILES string of the molecule is COc1ccc(/C=C/C(=O)NC(=S)N2CCN(Cc3ccccc3)CC2)cc1. The van der Waals surface area contributed by atoms with Crippen LogP contribution in [0.1, 0.15) is 11.1 Å². The molecule has 0 atom stereocenters. The molecule has 5 nitrogen and oxygen atoms in total. The first kappa shape index (κ1) is 20.0. The highest BCUT2D eigenvalue weighted by atomic mass is 32.1. The summed E-state index contributed by atoms with van der Waals surface area (Å²) in [5, 5.41) is 3.28. The normalized spacial score (nSPS) is 14.8. The second kappa shape index (κ2) is 10.0. The molecule has 28 heavy (non-hydrogen) atoms. The summed E-state index contributed by atoms with van der Waals surface area (Å²) in [5.74, 6) is 0.571. The first-order valence-electron chi connectivity index (χ1n) is 9.32. The van der Waals surface area contributed by atoms with Crippen molar-refractivity contribution in [3.63, 3.8) is 0 Å². The van der Waals surface area contributed by atoms with E-state index in [4.69, 9.17) is 17.0 Å². The number of hydrogen-bond acceptors (Lipinski definition) is 4. The van der Waals surface area contributed by atoms with Crippen molar-refractivity contribution in [3.8, 4) is 5.75 Å².